The van der Waals surface area contributed by atoms with E-state index in [-0.39, 0.29) is 28.9 Å². The largest absolute Gasteiger partial charge is 0.480 e. The fourth-order valence-corrected chi connectivity index (χ4v) is 4.32. The molecule has 0 saturated carbocycles. The number of aryl methyl sites for hydroxylation is 1. The molecule has 40 heavy (non-hydrogen) atoms. The minimum absolute atomic E-state index is 0.0296. The van der Waals surface area contributed by atoms with E-state index in [0.29, 0.717) is 25.2 Å². The lowest BCUT2D eigenvalue weighted by molar-refractivity contribution is -0.189. The molecule has 0 bridgehead atoms. The minimum atomic E-state index is -4.55. The van der Waals surface area contributed by atoms with E-state index in [1.54, 1.807) is 0 Å². The fraction of sp³-hybridized carbons (Fsp3) is 0.448. The van der Waals surface area contributed by atoms with Crippen LogP contribution in [0.4, 0.5) is 13.2 Å². The van der Waals surface area contributed by atoms with Crippen molar-refractivity contribution < 1.29 is 32.9 Å². The van der Waals surface area contributed by atoms with Gasteiger partial charge in [0.2, 0.25) is 0 Å². The third kappa shape index (κ3) is 7.99. The van der Waals surface area contributed by atoms with Crippen molar-refractivity contribution in [1.82, 2.24) is 14.9 Å². The van der Waals surface area contributed by atoms with E-state index < -0.39 is 30.3 Å². The highest BCUT2D eigenvalue weighted by atomic mass is 35.5. The molecule has 0 spiro atoms. The van der Waals surface area contributed by atoms with Crippen molar-refractivity contribution >= 4 is 17.5 Å². The monoisotopic (exact) mass is 581 g/mol. The molecule has 0 aliphatic rings. The van der Waals surface area contributed by atoms with E-state index in [1.165, 1.54) is 18.2 Å². The number of aromatic nitrogens is 2. The van der Waals surface area contributed by atoms with Gasteiger partial charge in [-0.25, -0.2) is 4.98 Å². The number of alkyl halides is 3. The molecule has 3 atom stereocenters. The van der Waals surface area contributed by atoms with E-state index in [9.17, 15) is 28.2 Å². The molecule has 7 nitrogen and oxygen atoms in total. The van der Waals surface area contributed by atoms with Gasteiger partial charge in [0.05, 0.1) is 10.7 Å². The van der Waals surface area contributed by atoms with Gasteiger partial charge in [0.15, 0.2) is 6.10 Å². The summed E-state index contributed by atoms with van der Waals surface area (Å²) in [6.07, 6.45) is -4.63. The molecule has 0 saturated heterocycles. The Labute approximate surface area is 237 Å². The van der Waals surface area contributed by atoms with Gasteiger partial charge in [0.25, 0.3) is 5.91 Å². The SMILES string of the molecule is CCn1cc(-c2ccc(CC(CCO)NC(=O)c3ccc(OC(C)C(F)(F)F)c(Cl)c3)cc2)nc1C(O)C(C)C. The first kappa shape index (κ1) is 31.4. The summed E-state index contributed by atoms with van der Waals surface area (Å²) in [5, 5.41) is 22.8. The van der Waals surface area contributed by atoms with E-state index in [0.717, 1.165) is 23.7 Å². The molecule has 2 aromatic carbocycles. The van der Waals surface area contributed by atoms with E-state index >= 15 is 0 Å². The van der Waals surface area contributed by atoms with Gasteiger partial charge >= 0.3 is 6.18 Å². The zero-order valence-corrected chi connectivity index (χ0v) is 23.6. The third-order valence-electron chi connectivity index (χ3n) is 6.55. The number of amides is 1. The zero-order valence-electron chi connectivity index (χ0n) is 22.9. The van der Waals surface area contributed by atoms with Crippen molar-refractivity contribution in [3.05, 3.63) is 70.6 Å². The maximum Gasteiger partial charge on any atom is 0.425 e. The van der Waals surface area contributed by atoms with Crippen LogP contribution in [0.2, 0.25) is 5.02 Å². The molecular formula is C29H35ClF3N3O4. The Balaban J connectivity index is 1.69. The Bertz CT molecular complexity index is 1280. The van der Waals surface area contributed by atoms with Gasteiger partial charge < -0.3 is 24.8 Å². The maximum atomic E-state index is 12.9. The van der Waals surface area contributed by atoms with Crippen molar-refractivity contribution in [3.8, 4) is 17.0 Å². The van der Waals surface area contributed by atoms with Crippen LogP contribution in [0.5, 0.6) is 5.75 Å². The standard InChI is InChI=1S/C29H35ClF3N3O4/c1-5-36-16-24(35-27(36)26(38)17(2)3)20-8-6-19(7-9-20)14-22(12-13-37)34-28(39)21-10-11-25(23(30)15-21)40-18(4)29(31,32)33/h6-11,15-18,22,26,37-38H,5,12-14H2,1-4H3,(H,34,39). The number of halogens is 4. The molecule has 1 heterocycles. The van der Waals surface area contributed by atoms with Crippen molar-refractivity contribution in [2.24, 2.45) is 5.92 Å². The Morgan fingerprint density at radius 2 is 1.82 bits per heavy atom. The van der Waals surface area contributed by atoms with Crippen LogP contribution in [0, 0.1) is 5.92 Å². The third-order valence-corrected chi connectivity index (χ3v) is 6.84. The second-order valence-corrected chi connectivity index (χ2v) is 10.4. The topological polar surface area (TPSA) is 96.6 Å². The van der Waals surface area contributed by atoms with E-state index in [1.807, 2.05) is 55.8 Å². The van der Waals surface area contributed by atoms with Crippen molar-refractivity contribution in [2.45, 2.75) is 71.5 Å². The molecular weight excluding hydrogens is 547 g/mol. The van der Waals surface area contributed by atoms with Gasteiger partial charge in [0.1, 0.15) is 17.7 Å². The number of aliphatic hydroxyl groups is 2. The lowest BCUT2D eigenvalue weighted by atomic mass is 10.0. The van der Waals surface area contributed by atoms with Crippen LogP contribution < -0.4 is 10.1 Å². The number of hydrogen-bond acceptors (Lipinski definition) is 5. The summed E-state index contributed by atoms with van der Waals surface area (Å²) in [4.78, 5) is 17.5. The summed E-state index contributed by atoms with van der Waals surface area (Å²) in [5.74, 6) is -0.00258. The Hall–Kier alpha value is -3.08. The van der Waals surface area contributed by atoms with Gasteiger partial charge in [-0.1, -0.05) is 49.7 Å². The Kier molecular flexibility index (Phi) is 10.6. The number of carbonyl (C=O) groups is 1. The molecule has 0 aliphatic carbocycles. The molecule has 0 fully saturated rings. The second kappa shape index (κ2) is 13.5. The quantitative estimate of drug-likeness (QED) is 0.245. The summed E-state index contributed by atoms with van der Waals surface area (Å²) < 4.78 is 45.2. The second-order valence-electron chi connectivity index (χ2n) is 9.99. The highest BCUT2D eigenvalue weighted by Crippen LogP contribution is 2.31. The molecule has 3 unspecified atom stereocenters. The summed E-state index contributed by atoms with van der Waals surface area (Å²) >= 11 is 6.08. The van der Waals surface area contributed by atoms with E-state index in [2.05, 4.69) is 10.3 Å². The van der Waals surface area contributed by atoms with Gasteiger partial charge in [-0.15, -0.1) is 0 Å². The lowest BCUT2D eigenvalue weighted by Gasteiger charge is -2.20. The Morgan fingerprint density at radius 3 is 2.38 bits per heavy atom. The number of imidazole rings is 1. The maximum absolute atomic E-state index is 12.9. The van der Waals surface area contributed by atoms with Crippen LogP contribution in [0.3, 0.4) is 0 Å². The molecule has 3 N–H and O–H groups in total. The molecule has 3 aromatic rings. The number of benzene rings is 2. The normalized spacial score (nSPS) is 14.2. The van der Waals surface area contributed by atoms with Crippen LogP contribution in [-0.2, 0) is 13.0 Å². The molecule has 1 aromatic heterocycles. The summed E-state index contributed by atoms with van der Waals surface area (Å²) in [5.41, 5.74) is 2.70. The number of nitrogens with one attached hydrogen (secondary N) is 1. The molecule has 0 radical (unpaired) electrons. The highest BCUT2D eigenvalue weighted by Gasteiger charge is 2.38. The van der Waals surface area contributed by atoms with Crippen LogP contribution in [0.15, 0.2) is 48.7 Å². The number of nitrogens with zero attached hydrogens (tertiary/aromatic N) is 2. The molecule has 0 aliphatic heterocycles. The first-order chi connectivity index (χ1) is 18.8. The highest BCUT2D eigenvalue weighted by molar-refractivity contribution is 6.32. The summed E-state index contributed by atoms with van der Waals surface area (Å²) in [7, 11) is 0. The van der Waals surface area contributed by atoms with Crippen molar-refractivity contribution in [3.63, 3.8) is 0 Å². The number of rotatable bonds is 12. The van der Waals surface area contributed by atoms with Crippen molar-refractivity contribution in [2.75, 3.05) is 6.61 Å². The zero-order chi connectivity index (χ0) is 29.6. The van der Waals surface area contributed by atoms with Crippen LogP contribution in [-0.4, -0.2) is 50.6 Å². The number of carbonyl (C=O) groups excluding carboxylic acids is 1. The molecule has 218 valence electrons. The lowest BCUT2D eigenvalue weighted by Crippen LogP contribution is -2.37. The van der Waals surface area contributed by atoms with Gasteiger partial charge in [-0.05, 0) is 56.4 Å². The average molecular weight is 582 g/mol. The molecule has 11 heteroatoms. The predicted octanol–water partition coefficient (Wildman–Crippen LogP) is 5.97. The first-order valence-corrected chi connectivity index (χ1v) is 13.5. The number of ether oxygens (including phenoxy) is 1. The number of aliphatic hydroxyl groups excluding tert-OH is 2. The van der Waals surface area contributed by atoms with Gasteiger partial charge in [-0.2, -0.15) is 13.2 Å². The predicted molar refractivity (Wildman–Crippen MR) is 147 cm³/mol. The Morgan fingerprint density at radius 1 is 1.15 bits per heavy atom. The minimum Gasteiger partial charge on any atom is -0.480 e. The number of hydrogen-bond donors (Lipinski definition) is 3. The first-order valence-electron chi connectivity index (χ1n) is 13.1. The fourth-order valence-electron chi connectivity index (χ4n) is 4.10. The summed E-state index contributed by atoms with van der Waals surface area (Å²) in [6.45, 7) is 7.27. The van der Waals surface area contributed by atoms with Gasteiger partial charge in [-0.3, -0.25) is 4.79 Å². The van der Waals surface area contributed by atoms with Gasteiger partial charge in [0, 0.05) is 36.5 Å². The summed E-state index contributed by atoms with van der Waals surface area (Å²) in [6, 6.07) is 11.1. The van der Waals surface area contributed by atoms with Crippen LogP contribution >= 0.6 is 11.6 Å². The van der Waals surface area contributed by atoms with Crippen LogP contribution in [0.1, 0.15) is 62.0 Å². The molecule has 1 amide bonds. The van der Waals surface area contributed by atoms with E-state index in [4.69, 9.17) is 16.3 Å². The van der Waals surface area contributed by atoms with Crippen LogP contribution in [0.25, 0.3) is 11.3 Å². The smallest absolute Gasteiger partial charge is 0.425 e. The average Bonchev–Trinajstić information content (AvgIpc) is 3.33. The molecule has 3 rings (SSSR count). The van der Waals surface area contributed by atoms with Crippen molar-refractivity contribution in [1.29, 1.82) is 0 Å².